The van der Waals surface area contributed by atoms with Crippen molar-refractivity contribution in [2.45, 2.75) is 50.8 Å². The van der Waals surface area contributed by atoms with Gasteiger partial charge in [-0.15, -0.1) is 0 Å². The highest BCUT2D eigenvalue weighted by molar-refractivity contribution is 8.00. The minimum atomic E-state index is 0.386. The van der Waals surface area contributed by atoms with Crippen molar-refractivity contribution in [2.75, 3.05) is 18.8 Å². The number of nitrogens with zero attached hydrogens (tertiary/aromatic N) is 1. The van der Waals surface area contributed by atoms with Crippen LogP contribution in [0.25, 0.3) is 0 Å². The van der Waals surface area contributed by atoms with Gasteiger partial charge in [0, 0.05) is 29.5 Å². The molecule has 0 aromatic carbocycles. The highest BCUT2D eigenvalue weighted by atomic mass is 32.2. The fraction of sp³-hybridized carbons (Fsp3) is 0.923. The Labute approximate surface area is 103 Å². The summed E-state index contributed by atoms with van der Waals surface area (Å²) in [5.41, 5.74) is 0. The van der Waals surface area contributed by atoms with Gasteiger partial charge in [-0.1, -0.05) is 19.8 Å². The van der Waals surface area contributed by atoms with E-state index in [1.165, 1.54) is 18.6 Å². The lowest BCUT2D eigenvalue weighted by atomic mass is 10.0. The summed E-state index contributed by atoms with van der Waals surface area (Å²) in [6, 6.07) is 0.559. The Morgan fingerprint density at radius 2 is 2.00 bits per heavy atom. The molecule has 0 aromatic heterocycles. The summed E-state index contributed by atoms with van der Waals surface area (Å²) in [4.78, 5) is 14.5. The van der Waals surface area contributed by atoms with Crippen LogP contribution in [0.15, 0.2) is 0 Å². The number of hydrogen-bond acceptors (Lipinski definition) is 3. The van der Waals surface area contributed by atoms with E-state index in [9.17, 15) is 4.79 Å². The van der Waals surface area contributed by atoms with Crippen molar-refractivity contribution in [3.63, 3.8) is 0 Å². The van der Waals surface area contributed by atoms with Crippen LogP contribution < -0.4 is 0 Å². The van der Waals surface area contributed by atoms with Crippen molar-refractivity contribution in [1.82, 2.24) is 4.90 Å². The highest BCUT2D eigenvalue weighted by Gasteiger charge is 2.29. The predicted molar refractivity (Wildman–Crippen MR) is 69.9 cm³/mol. The third kappa shape index (κ3) is 2.80. The van der Waals surface area contributed by atoms with Crippen molar-refractivity contribution in [2.24, 2.45) is 5.92 Å². The molecule has 1 saturated carbocycles. The first kappa shape index (κ1) is 12.4. The minimum absolute atomic E-state index is 0.386. The quantitative estimate of drug-likeness (QED) is 0.757. The van der Waals surface area contributed by atoms with Gasteiger partial charge < -0.3 is 0 Å². The summed E-state index contributed by atoms with van der Waals surface area (Å²) in [5.74, 6) is 2.07. The molecule has 92 valence electrons. The molecular weight excluding hydrogens is 218 g/mol. The molecule has 2 aliphatic rings. The van der Waals surface area contributed by atoms with Crippen LogP contribution in [0, 0.1) is 5.92 Å². The van der Waals surface area contributed by atoms with Gasteiger partial charge in [0.05, 0.1) is 6.54 Å². The van der Waals surface area contributed by atoms with Gasteiger partial charge in [0.2, 0.25) is 0 Å². The largest absolute Gasteiger partial charge is 0.298 e. The topological polar surface area (TPSA) is 20.3 Å². The van der Waals surface area contributed by atoms with E-state index in [0.717, 1.165) is 19.4 Å². The third-order valence-corrected chi connectivity index (χ3v) is 5.52. The minimum Gasteiger partial charge on any atom is -0.298 e. The molecule has 2 atom stereocenters. The zero-order valence-electron chi connectivity index (χ0n) is 10.4. The van der Waals surface area contributed by atoms with Gasteiger partial charge in [-0.2, -0.15) is 11.8 Å². The summed E-state index contributed by atoms with van der Waals surface area (Å²) >= 11 is 2.04. The van der Waals surface area contributed by atoms with Gasteiger partial charge in [0.25, 0.3) is 0 Å². The molecule has 2 unspecified atom stereocenters. The molecule has 2 rings (SSSR count). The Balaban J connectivity index is 1.85. The Morgan fingerprint density at radius 1 is 1.31 bits per heavy atom. The van der Waals surface area contributed by atoms with Crippen LogP contribution in [0.3, 0.4) is 0 Å². The number of thioether (sulfide) groups is 1. The van der Waals surface area contributed by atoms with Crippen molar-refractivity contribution >= 4 is 17.5 Å². The van der Waals surface area contributed by atoms with Gasteiger partial charge in [-0.3, -0.25) is 9.69 Å². The first-order valence-electron chi connectivity index (χ1n) is 6.57. The molecule has 1 aliphatic carbocycles. The van der Waals surface area contributed by atoms with E-state index < -0.39 is 0 Å². The first-order valence-corrected chi connectivity index (χ1v) is 7.61. The van der Waals surface area contributed by atoms with Crippen LogP contribution >= 0.6 is 11.8 Å². The molecule has 0 aromatic rings. The van der Waals surface area contributed by atoms with Crippen molar-refractivity contribution in [3.8, 4) is 0 Å². The second-order valence-corrected chi connectivity index (χ2v) is 6.72. The van der Waals surface area contributed by atoms with Crippen LogP contribution in [0.1, 0.15) is 39.5 Å². The first-order chi connectivity index (χ1) is 7.68. The maximum Gasteiger partial charge on any atom is 0.149 e. The number of rotatable bonds is 3. The fourth-order valence-electron chi connectivity index (χ4n) is 2.80. The molecule has 0 bridgehead atoms. The SMILES string of the molecule is CC1SCCN(CC(=O)C2CCCC2)C1C. The standard InChI is InChI=1S/C13H23NOS/c1-10-11(2)16-8-7-14(10)9-13(15)12-5-3-4-6-12/h10-12H,3-9H2,1-2H3. The normalized spacial score (nSPS) is 33.1. The Bertz CT molecular complexity index is 250. The van der Waals surface area contributed by atoms with Crippen molar-refractivity contribution < 1.29 is 4.79 Å². The van der Waals surface area contributed by atoms with Gasteiger partial charge in [0.15, 0.2) is 0 Å². The molecule has 0 N–H and O–H groups in total. The molecular formula is C13H23NOS. The molecule has 0 radical (unpaired) electrons. The number of carbonyl (C=O) groups excluding carboxylic acids is 1. The summed E-state index contributed by atoms with van der Waals surface area (Å²) in [7, 11) is 0. The summed E-state index contributed by atoms with van der Waals surface area (Å²) in [5, 5.41) is 0.671. The molecule has 2 nitrogen and oxygen atoms in total. The number of carbonyl (C=O) groups is 1. The summed E-state index contributed by atoms with van der Waals surface area (Å²) < 4.78 is 0. The van der Waals surface area contributed by atoms with E-state index in [2.05, 4.69) is 18.7 Å². The van der Waals surface area contributed by atoms with Gasteiger partial charge in [-0.25, -0.2) is 0 Å². The number of hydrogen-bond donors (Lipinski definition) is 0. The zero-order chi connectivity index (χ0) is 11.5. The smallest absolute Gasteiger partial charge is 0.149 e. The second-order valence-electron chi connectivity index (χ2n) is 5.23. The lowest BCUT2D eigenvalue weighted by Crippen LogP contribution is -2.47. The maximum atomic E-state index is 12.1. The Hall–Kier alpha value is -0.0200. The van der Waals surface area contributed by atoms with Crippen LogP contribution in [0.4, 0.5) is 0 Å². The van der Waals surface area contributed by atoms with E-state index in [1.807, 2.05) is 11.8 Å². The van der Waals surface area contributed by atoms with E-state index in [1.54, 1.807) is 0 Å². The number of ketones is 1. The van der Waals surface area contributed by atoms with Gasteiger partial charge in [0.1, 0.15) is 5.78 Å². The average molecular weight is 241 g/mol. The predicted octanol–water partition coefficient (Wildman–Crippen LogP) is 2.57. The zero-order valence-corrected chi connectivity index (χ0v) is 11.3. The van der Waals surface area contributed by atoms with Crippen molar-refractivity contribution in [3.05, 3.63) is 0 Å². The van der Waals surface area contributed by atoms with Crippen molar-refractivity contribution in [1.29, 1.82) is 0 Å². The molecule has 16 heavy (non-hydrogen) atoms. The Kier molecular flexibility index (Phi) is 4.31. The van der Waals surface area contributed by atoms with Crippen LogP contribution in [-0.2, 0) is 4.79 Å². The molecule has 1 heterocycles. The highest BCUT2D eigenvalue weighted by Crippen LogP contribution is 2.28. The molecule has 2 fully saturated rings. The summed E-state index contributed by atoms with van der Waals surface area (Å²) in [6.45, 7) is 6.34. The van der Waals surface area contributed by atoms with E-state index in [0.29, 0.717) is 29.5 Å². The molecule has 1 saturated heterocycles. The van der Waals surface area contributed by atoms with E-state index >= 15 is 0 Å². The van der Waals surface area contributed by atoms with Crippen LogP contribution in [0.2, 0.25) is 0 Å². The summed E-state index contributed by atoms with van der Waals surface area (Å²) in [6.07, 6.45) is 4.81. The maximum absolute atomic E-state index is 12.1. The van der Waals surface area contributed by atoms with E-state index in [4.69, 9.17) is 0 Å². The molecule has 0 amide bonds. The van der Waals surface area contributed by atoms with Crippen LogP contribution in [-0.4, -0.2) is 40.8 Å². The second kappa shape index (κ2) is 5.54. The Morgan fingerprint density at radius 3 is 2.69 bits per heavy atom. The molecule has 1 aliphatic heterocycles. The van der Waals surface area contributed by atoms with Gasteiger partial charge in [-0.05, 0) is 19.8 Å². The van der Waals surface area contributed by atoms with Crippen LogP contribution in [0.5, 0.6) is 0 Å². The molecule has 3 heteroatoms. The molecule has 0 spiro atoms. The average Bonchev–Trinajstić information content (AvgIpc) is 2.78. The number of Topliss-reactive ketones (excluding diaryl/α,β-unsaturated/α-hetero) is 1. The third-order valence-electron chi connectivity index (χ3n) is 4.18. The lowest BCUT2D eigenvalue weighted by molar-refractivity contribution is -0.124. The lowest BCUT2D eigenvalue weighted by Gasteiger charge is -2.37. The fourth-order valence-corrected chi connectivity index (χ4v) is 3.96. The van der Waals surface area contributed by atoms with Gasteiger partial charge >= 0.3 is 0 Å². The monoisotopic (exact) mass is 241 g/mol. The van der Waals surface area contributed by atoms with E-state index in [-0.39, 0.29) is 0 Å².